The zero-order chi connectivity index (χ0) is 14.3. The first-order valence-corrected chi connectivity index (χ1v) is 7.38. The lowest BCUT2D eigenvalue weighted by Crippen LogP contribution is -2.04. The fourth-order valence-corrected chi connectivity index (χ4v) is 3.22. The van der Waals surface area contributed by atoms with Crippen molar-refractivity contribution in [3.8, 4) is 10.4 Å². The van der Waals surface area contributed by atoms with Crippen LogP contribution in [0.4, 0.5) is 0 Å². The lowest BCUT2D eigenvalue weighted by Gasteiger charge is -2.00. The molecule has 0 amide bonds. The number of aromatic nitrogens is 1. The minimum absolute atomic E-state index is 0.00825. The van der Waals surface area contributed by atoms with E-state index in [2.05, 4.69) is 18.8 Å². The van der Waals surface area contributed by atoms with E-state index in [1.807, 2.05) is 19.1 Å². The first-order valence-electron chi connectivity index (χ1n) is 6.56. The Kier molecular flexibility index (Phi) is 3.18. The van der Waals surface area contributed by atoms with Gasteiger partial charge in [-0.3, -0.25) is 4.79 Å². The van der Waals surface area contributed by atoms with Crippen molar-refractivity contribution in [3.05, 3.63) is 51.5 Å². The number of fused-ring (bicyclic) bond motifs is 1. The third-order valence-electron chi connectivity index (χ3n) is 3.23. The van der Waals surface area contributed by atoms with Gasteiger partial charge in [0.1, 0.15) is 11.8 Å². The molecule has 0 saturated heterocycles. The van der Waals surface area contributed by atoms with Crippen LogP contribution in [0, 0.1) is 6.92 Å². The van der Waals surface area contributed by atoms with Crippen LogP contribution >= 0.6 is 11.3 Å². The van der Waals surface area contributed by atoms with E-state index in [9.17, 15) is 4.79 Å². The Morgan fingerprint density at radius 3 is 2.70 bits per heavy atom. The van der Waals surface area contributed by atoms with Crippen molar-refractivity contribution in [2.75, 3.05) is 0 Å². The molecular formula is C16H15NO2S. The summed E-state index contributed by atoms with van der Waals surface area (Å²) in [6.45, 7) is 6.14. The predicted molar refractivity (Wildman–Crippen MR) is 82.4 cm³/mol. The molecule has 0 radical (unpaired) electrons. The Balaban J connectivity index is 2.25. The van der Waals surface area contributed by atoms with E-state index in [1.165, 1.54) is 0 Å². The molecule has 0 unspecified atom stereocenters. The van der Waals surface area contributed by atoms with Gasteiger partial charge in [-0.1, -0.05) is 26.0 Å². The minimum Gasteiger partial charge on any atom is -0.463 e. The molecule has 20 heavy (non-hydrogen) atoms. The zero-order valence-electron chi connectivity index (χ0n) is 11.6. The van der Waals surface area contributed by atoms with Gasteiger partial charge < -0.3 is 4.42 Å². The summed E-state index contributed by atoms with van der Waals surface area (Å²) in [7, 11) is 0. The highest BCUT2D eigenvalue weighted by Gasteiger charge is 2.16. The number of para-hydroxylation sites is 1. The van der Waals surface area contributed by atoms with Gasteiger partial charge in [0.05, 0.1) is 26.5 Å². The van der Waals surface area contributed by atoms with Crippen LogP contribution in [0.15, 0.2) is 39.7 Å². The Labute approximate surface area is 120 Å². The molecule has 102 valence electrons. The zero-order valence-corrected chi connectivity index (χ0v) is 12.5. The molecule has 0 saturated carbocycles. The average molecular weight is 285 g/mol. The molecule has 3 rings (SSSR count). The summed E-state index contributed by atoms with van der Waals surface area (Å²) in [4.78, 5) is 18.0. The Hall–Kier alpha value is -1.94. The van der Waals surface area contributed by atoms with Gasteiger partial charge in [-0.25, -0.2) is 4.98 Å². The van der Waals surface area contributed by atoms with Gasteiger partial charge in [-0.05, 0) is 19.1 Å². The second kappa shape index (κ2) is 4.87. The predicted octanol–water partition coefficient (Wildman–Crippen LogP) is 4.35. The van der Waals surface area contributed by atoms with E-state index in [0.29, 0.717) is 22.5 Å². The lowest BCUT2D eigenvalue weighted by atomic mass is 10.1. The van der Waals surface area contributed by atoms with Gasteiger partial charge >= 0.3 is 0 Å². The van der Waals surface area contributed by atoms with Gasteiger partial charge in [0.2, 0.25) is 5.43 Å². The van der Waals surface area contributed by atoms with Crippen LogP contribution in [0.2, 0.25) is 0 Å². The number of rotatable bonds is 2. The number of hydrogen-bond donors (Lipinski definition) is 0. The smallest absolute Gasteiger partial charge is 0.201 e. The number of aryl methyl sites for hydroxylation is 1. The summed E-state index contributed by atoms with van der Waals surface area (Å²) < 4.78 is 5.58. The summed E-state index contributed by atoms with van der Waals surface area (Å²) in [5.41, 5.74) is 2.12. The molecule has 0 aliphatic carbocycles. The van der Waals surface area contributed by atoms with E-state index < -0.39 is 0 Å². The van der Waals surface area contributed by atoms with E-state index in [-0.39, 0.29) is 5.43 Å². The van der Waals surface area contributed by atoms with Crippen molar-refractivity contribution in [1.82, 2.24) is 4.98 Å². The van der Waals surface area contributed by atoms with Crippen LogP contribution < -0.4 is 5.43 Å². The van der Waals surface area contributed by atoms with Gasteiger partial charge in [0.15, 0.2) is 0 Å². The van der Waals surface area contributed by atoms with E-state index >= 15 is 0 Å². The summed E-state index contributed by atoms with van der Waals surface area (Å²) in [6.07, 6.45) is 1.55. The number of thiazole rings is 1. The highest BCUT2D eigenvalue weighted by Crippen LogP contribution is 2.32. The lowest BCUT2D eigenvalue weighted by molar-refractivity contribution is 0.605. The fourth-order valence-electron chi connectivity index (χ4n) is 2.15. The molecule has 0 fully saturated rings. The van der Waals surface area contributed by atoms with Crippen molar-refractivity contribution in [1.29, 1.82) is 0 Å². The third kappa shape index (κ3) is 2.06. The van der Waals surface area contributed by atoms with Crippen LogP contribution in [0.25, 0.3) is 21.4 Å². The molecule has 3 aromatic rings. The molecule has 0 atom stereocenters. The summed E-state index contributed by atoms with van der Waals surface area (Å²) in [5.74, 6) is 0.361. The summed E-state index contributed by atoms with van der Waals surface area (Å²) in [6, 6.07) is 7.31. The van der Waals surface area contributed by atoms with Crippen LogP contribution in [0.3, 0.4) is 0 Å². The van der Waals surface area contributed by atoms with Crippen LogP contribution in [0.5, 0.6) is 0 Å². The Bertz CT molecular complexity index is 830. The molecule has 3 nitrogen and oxygen atoms in total. The molecule has 0 aliphatic heterocycles. The van der Waals surface area contributed by atoms with Gasteiger partial charge in [-0.2, -0.15) is 0 Å². The quantitative estimate of drug-likeness (QED) is 0.703. The maximum atomic E-state index is 12.6. The molecule has 2 heterocycles. The highest BCUT2D eigenvalue weighted by molar-refractivity contribution is 7.15. The second-order valence-corrected chi connectivity index (χ2v) is 6.13. The second-order valence-electron chi connectivity index (χ2n) is 5.10. The molecule has 1 aromatic carbocycles. The maximum Gasteiger partial charge on any atom is 0.201 e. The van der Waals surface area contributed by atoms with Crippen LogP contribution in [-0.2, 0) is 0 Å². The average Bonchev–Trinajstić information content (AvgIpc) is 2.82. The van der Waals surface area contributed by atoms with Crippen molar-refractivity contribution >= 4 is 22.3 Å². The standard InChI is InChI=1S/C16H15NO2S/c1-9(2)16-17-10(3)15(20-16)12-8-19-13-7-5-4-6-11(13)14(12)18/h4-9H,1-3H3. The Morgan fingerprint density at radius 2 is 2.00 bits per heavy atom. The normalized spacial score (nSPS) is 11.4. The minimum atomic E-state index is 0.00825. The monoisotopic (exact) mass is 285 g/mol. The molecule has 4 heteroatoms. The fraction of sp³-hybridized carbons (Fsp3) is 0.250. The first-order chi connectivity index (χ1) is 9.58. The third-order valence-corrected chi connectivity index (χ3v) is 4.72. The Morgan fingerprint density at radius 1 is 1.25 bits per heavy atom. The first kappa shape index (κ1) is 13.1. The van der Waals surface area contributed by atoms with Crippen LogP contribution in [0.1, 0.15) is 30.5 Å². The SMILES string of the molecule is Cc1nc(C(C)C)sc1-c1coc2ccccc2c1=O. The topological polar surface area (TPSA) is 43.1 Å². The molecular weight excluding hydrogens is 270 g/mol. The van der Waals surface area contributed by atoms with Gasteiger partial charge in [0, 0.05) is 5.92 Å². The van der Waals surface area contributed by atoms with Gasteiger partial charge in [-0.15, -0.1) is 11.3 Å². The van der Waals surface area contributed by atoms with Gasteiger partial charge in [0.25, 0.3) is 0 Å². The molecule has 2 aromatic heterocycles. The summed E-state index contributed by atoms with van der Waals surface area (Å²) >= 11 is 1.57. The summed E-state index contributed by atoms with van der Waals surface area (Å²) in [5, 5.41) is 1.66. The molecule has 0 bridgehead atoms. The number of benzene rings is 1. The van der Waals surface area contributed by atoms with Crippen molar-refractivity contribution in [3.63, 3.8) is 0 Å². The largest absolute Gasteiger partial charge is 0.463 e. The van der Waals surface area contributed by atoms with E-state index in [1.54, 1.807) is 29.7 Å². The van der Waals surface area contributed by atoms with E-state index in [0.717, 1.165) is 15.6 Å². The molecule has 0 spiro atoms. The number of nitrogens with zero attached hydrogens (tertiary/aromatic N) is 1. The van der Waals surface area contributed by atoms with E-state index in [4.69, 9.17) is 4.42 Å². The van der Waals surface area contributed by atoms with Crippen LogP contribution in [-0.4, -0.2) is 4.98 Å². The molecule has 0 N–H and O–H groups in total. The van der Waals surface area contributed by atoms with Crippen molar-refractivity contribution in [2.24, 2.45) is 0 Å². The highest BCUT2D eigenvalue weighted by atomic mass is 32.1. The van der Waals surface area contributed by atoms with Crippen molar-refractivity contribution in [2.45, 2.75) is 26.7 Å². The molecule has 0 aliphatic rings. The number of hydrogen-bond acceptors (Lipinski definition) is 4. The maximum absolute atomic E-state index is 12.6. The van der Waals surface area contributed by atoms with Crippen molar-refractivity contribution < 1.29 is 4.42 Å².